The summed E-state index contributed by atoms with van der Waals surface area (Å²) in [6.45, 7) is 3.38. The molecule has 0 radical (unpaired) electrons. The van der Waals surface area contributed by atoms with Crippen molar-refractivity contribution in [2.24, 2.45) is 11.7 Å². The van der Waals surface area contributed by atoms with E-state index in [2.05, 4.69) is 18.0 Å². The standard InChI is InChI=1S/C16H26N2O2/c1-18(11-13-6-5-9-20-12-13)15(10-17)14-7-3-4-8-16(14)19-2/h3-4,7-8,13,15H,5-6,9-12,17H2,1-2H3. The summed E-state index contributed by atoms with van der Waals surface area (Å²) in [4.78, 5) is 2.33. The van der Waals surface area contributed by atoms with Gasteiger partial charge in [0.2, 0.25) is 0 Å². The molecule has 4 heteroatoms. The van der Waals surface area contributed by atoms with E-state index in [0.29, 0.717) is 12.5 Å². The van der Waals surface area contributed by atoms with Gasteiger partial charge in [-0.25, -0.2) is 0 Å². The molecule has 112 valence electrons. The Labute approximate surface area is 121 Å². The lowest BCUT2D eigenvalue weighted by atomic mass is 9.99. The summed E-state index contributed by atoms with van der Waals surface area (Å²) < 4.78 is 11.0. The van der Waals surface area contributed by atoms with Gasteiger partial charge in [0.1, 0.15) is 5.75 Å². The second kappa shape index (κ2) is 7.62. The maximum atomic E-state index is 6.01. The van der Waals surface area contributed by atoms with Crippen LogP contribution in [0.5, 0.6) is 5.75 Å². The number of methoxy groups -OCH3 is 1. The van der Waals surface area contributed by atoms with Crippen LogP contribution >= 0.6 is 0 Å². The normalized spacial score (nSPS) is 20.9. The van der Waals surface area contributed by atoms with E-state index in [4.69, 9.17) is 15.2 Å². The van der Waals surface area contributed by atoms with Gasteiger partial charge in [0, 0.05) is 25.3 Å². The molecule has 2 N–H and O–H groups in total. The molecule has 1 heterocycles. The molecule has 0 bridgehead atoms. The fraction of sp³-hybridized carbons (Fsp3) is 0.625. The van der Waals surface area contributed by atoms with Crippen molar-refractivity contribution in [3.8, 4) is 5.75 Å². The highest BCUT2D eigenvalue weighted by atomic mass is 16.5. The van der Waals surface area contributed by atoms with E-state index in [1.165, 1.54) is 12.8 Å². The van der Waals surface area contributed by atoms with Gasteiger partial charge in [-0.15, -0.1) is 0 Å². The Bertz CT molecular complexity index is 405. The average Bonchev–Trinajstić information content (AvgIpc) is 2.49. The molecule has 1 fully saturated rings. The van der Waals surface area contributed by atoms with Crippen molar-refractivity contribution in [3.63, 3.8) is 0 Å². The molecular weight excluding hydrogens is 252 g/mol. The molecule has 0 aliphatic carbocycles. The van der Waals surface area contributed by atoms with Gasteiger partial charge in [-0.3, -0.25) is 4.90 Å². The lowest BCUT2D eigenvalue weighted by Crippen LogP contribution is -2.36. The molecule has 1 aliphatic rings. The number of hydrogen-bond acceptors (Lipinski definition) is 4. The zero-order valence-electron chi connectivity index (χ0n) is 12.5. The summed E-state index contributed by atoms with van der Waals surface area (Å²) in [5, 5.41) is 0. The Morgan fingerprint density at radius 1 is 1.45 bits per heavy atom. The van der Waals surface area contributed by atoms with E-state index in [-0.39, 0.29) is 6.04 Å². The molecular formula is C16H26N2O2. The van der Waals surface area contributed by atoms with E-state index in [1.807, 2.05) is 18.2 Å². The Balaban J connectivity index is 2.06. The first-order valence-electron chi connectivity index (χ1n) is 7.37. The summed E-state index contributed by atoms with van der Waals surface area (Å²) in [7, 11) is 3.85. The lowest BCUT2D eigenvalue weighted by molar-refractivity contribution is 0.0364. The summed E-state index contributed by atoms with van der Waals surface area (Å²) >= 11 is 0. The van der Waals surface area contributed by atoms with Crippen molar-refractivity contribution in [1.82, 2.24) is 4.90 Å². The number of hydrogen-bond donors (Lipinski definition) is 1. The Morgan fingerprint density at radius 3 is 2.90 bits per heavy atom. The van der Waals surface area contributed by atoms with Crippen LogP contribution in [0, 0.1) is 5.92 Å². The molecule has 1 saturated heterocycles. The van der Waals surface area contributed by atoms with Crippen LogP contribution in [0.2, 0.25) is 0 Å². The van der Waals surface area contributed by atoms with E-state index < -0.39 is 0 Å². The number of ether oxygens (including phenoxy) is 2. The number of likely N-dealkylation sites (N-methyl/N-ethyl adjacent to an activating group) is 1. The molecule has 20 heavy (non-hydrogen) atoms. The van der Waals surface area contributed by atoms with Crippen molar-refractivity contribution in [3.05, 3.63) is 29.8 Å². The Morgan fingerprint density at radius 2 is 2.25 bits per heavy atom. The number of para-hydroxylation sites is 1. The van der Waals surface area contributed by atoms with Crippen molar-refractivity contribution in [2.75, 3.05) is 40.5 Å². The number of nitrogens with zero attached hydrogens (tertiary/aromatic N) is 1. The van der Waals surface area contributed by atoms with E-state index in [1.54, 1.807) is 7.11 Å². The van der Waals surface area contributed by atoms with Crippen LogP contribution in [0.1, 0.15) is 24.4 Å². The first-order valence-corrected chi connectivity index (χ1v) is 7.37. The summed E-state index contributed by atoms with van der Waals surface area (Å²) in [5.41, 5.74) is 7.17. The van der Waals surface area contributed by atoms with Crippen LogP contribution < -0.4 is 10.5 Å². The van der Waals surface area contributed by atoms with Crippen LogP contribution in [-0.4, -0.2) is 45.4 Å². The van der Waals surface area contributed by atoms with Gasteiger partial charge in [0.05, 0.1) is 19.8 Å². The smallest absolute Gasteiger partial charge is 0.123 e. The topological polar surface area (TPSA) is 47.7 Å². The molecule has 0 amide bonds. The molecule has 0 aromatic heterocycles. The molecule has 0 spiro atoms. The second-order valence-corrected chi connectivity index (χ2v) is 5.52. The summed E-state index contributed by atoms with van der Waals surface area (Å²) in [6, 6.07) is 8.32. The van der Waals surface area contributed by atoms with E-state index >= 15 is 0 Å². The maximum absolute atomic E-state index is 6.01. The fourth-order valence-corrected chi connectivity index (χ4v) is 2.97. The Kier molecular flexibility index (Phi) is 5.83. The third-order valence-corrected chi connectivity index (χ3v) is 4.05. The minimum Gasteiger partial charge on any atom is -0.496 e. The SMILES string of the molecule is COc1ccccc1C(CN)N(C)CC1CCCOC1. The molecule has 1 aliphatic heterocycles. The molecule has 4 nitrogen and oxygen atoms in total. The van der Waals surface area contributed by atoms with Gasteiger partial charge in [-0.2, -0.15) is 0 Å². The van der Waals surface area contributed by atoms with Crippen LogP contribution in [0.4, 0.5) is 0 Å². The molecule has 2 rings (SSSR count). The van der Waals surface area contributed by atoms with Gasteiger partial charge in [-0.05, 0) is 31.9 Å². The highest BCUT2D eigenvalue weighted by Crippen LogP contribution is 2.29. The van der Waals surface area contributed by atoms with Crippen molar-refractivity contribution >= 4 is 0 Å². The van der Waals surface area contributed by atoms with Gasteiger partial charge >= 0.3 is 0 Å². The highest BCUT2D eigenvalue weighted by molar-refractivity contribution is 5.36. The molecule has 1 aromatic carbocycles. The number of rotatable bonds is 6. The second-order valence-electron chi connectivity index (χ2n) is 5.52. The minimum absolute atomic E-state index is 0.188. The minimum atomic E-state index is 0.188. The van der Waals surface area contributed by atoms with Gasteiger partial charge < -0.3 is 15.2 Å². The van der Waals surface area contributed by atoms with E-state index in [9.17, 15) is 0 Å². The predicted octanol–water partition coefficient (Wildman–Crippen LogP) is 2.05. The van der Waals surface area contributed by atoms with Crippen LogP contribution in [0.3, 0.4) is 0 Å². The Hall–Kier alpha value is -1.10. The van der Waals surface area contributed by atoms with Crippen molar-refractivity contribution < 1.29 is 9.47 Å². The fourth-order valence-electron chi connectivity index (χ4n) is 2.97. The van der Waals surface area contributed by atoms with Crippen LogP contribution in [0.25, 0.3) is 0 Å². The summed E-state index contributed by atoms with van der Waals surface area (Å²) in [5.74, 6) is 1.52. The monoisotopic (exact) mass is 278 g/mol. The largest absolute Gasteiger partial charge is 0.496 e. The zero-order valence-corrected chi connectivity index (χ0v) is 12.5. The van der Waals surface area contributed by atoms with Crippen molar-refractivity contribution in [1.29, 1.82) is 0 Å². The molecule has 0 saturated carbocycles. The highest BCUT2D eigenvalue weighted by Gasteiger charge is 2.23. The van der Waals surface area contributed by atoms with Gasteiger partial charge in [-0.1, -0.05) is 18.2 Å². The zero-order chi connectivity index (χ0) is 14.4. The van der Waals surface area contributed by atoms with E-state index in [0.717, 1.165) is 31.1 Å². The van der Waals surface area contributed by atoms with Gasteiger partial charge in [0.15, 0.2) is 0 Å². The predicted molar refractivity (Wildman–Crippen MR) is 81.0 cm³/mol. The van der Waals surface area contributed by atoms with Crippen LogP contribution in [-0.2, 0) is 4.74 Å². The molecule has 1 aromatic rings. The first kappa shape index (κ1) is 15.3. The molecule has 2 unspecified atom stereocenters. The first-order chi connectivity index (χ1) is 9.76. The summed E-state index contributed by atoms with van der Waals surface area (Å²) in [6.07, 6.45) is 2.41. The van der Waals surface area contributed by atoms with Crippen molar-refractivity contribution in [2.45, 2.75) is 18.9 Å². The number of nitrogens with two attached hydrogens (primary N) is 1. The molecule has 2 atom stereocenters. The van der Waals surface area contributed by atoms with Crippen LogP contribution in [0.15, 0.2) is 24.3 Å². The lowest BCUT2D eigenvalue weighted by Gasteiger charge is -2.33. The number of benzene rings is 1. The van der Waals surface area contributed by atoms with Gasteiger partial charge in [0.25, 0.3) is 0 Å². The third-order valence-electron chi connectivity index (χ3n) is 4.05. The third kappa shape index (κ3) is 3.72. The average molecular weight is 278 g/mol. The maximum Gasteiger partial charge on any atom is 0.123 e. The quantitative estimate of drug-likeness (QED) is 0.865.